The van der Waals surface area contributed by atoms with Crippen molar-refractivity contribution in [2.75, 3.05) is 6.54 Å². The number of aliphatic carboxylic acids is 1. The minimum absolute atomic E-state index is 0.472. The van der Waals surface area contributed by atoms with Crippen LogP contribution in [0, 0.1) is 5.92 Å². The lowest BCUT2D eigenvalue weighted by Gasteiger charge is -2.19. The predicted octanol–water partition coefficient (Wildman–Crippen LogP) is 3.24. The molecule has 20 heavy (non-hydrogen) atoms. The zero-order valence-electron chi connectivity index (χ0n) is 12.1. The molecule has 3 nitrogen and oxygen atoms in total. The maximum atomic E-state index is 11.4. The summed E-state index contributed by atoms with van der Waals surface area (Å²) in [6.07, 6.45) is 8.30. The molecule has 110 valence electrons. The van der Waals surface area contributed by atoms with Crippen molar-refractivity contribution in [3.05, 3.63) is 35.9 Å². The Hall–Kier alpha value is -1.35. The number of benzene rings is 1. The molecule has 0 saturated heterocycles. The van der Waals surface area contributed by atoms with Gasteiger partial charge in [0.25, 0.3) is 0 Å². The zero-order chi connectivity index (χ0) is 14.2. The number of hydrogen-bond donors (Lipinski definition) is 2. The predicted molar refractivity (Wildman–Crippen MR) is 80.8 cm³/mol. The van der Waals surface area contributed by atoms with Crippen molar-refractivity contribution in [3.8, 4) is 0 Å². The molecule has 3 heteroatoms. The van der Waals surface area contributed by atoms with Crippen LogP contribution in [0.5, 0.6) is 0 Å². The fraction of sp³-hybridized carbons (Fsp3) is 0.588. The van der Waals surface area contributed by atoms with Crippen LogP contribution < -0.4 is 5.32 Å². The third kappa shape index (κ3) is 4.97. The highest BCUT2D eigenvalue weighted by Gasteiger charge is 2.20. The van der Waals surface area contributed by atoms with Gasteiger partial charge >= 0.3 is 5.97 Å². The Balaban J connectivity index is 1.84. The Morgan fingerprint density at radius 2 is 1.80 bits per heavy atom. The van der Waals surface area contributed by atoms with Crippen LogP contribution in [0.15, 0.2) is 30.3 Å². The minimum atomic E-state index is -0.748. The van der Waals surface area contributed by atoms with Crippen LogP contribution >= 0.6 is 0 Å². The number of hydrogen-bond acceptors (Lipinski definition) is 2. The first kappa shape index (κ1) is 15.0. The van der Waals surface area contributed by atoms with Crippen molar-refractivity contribution in [3.63, 3.8) is 0 Å². The van der Waals surface area contributed by atoms with Gasteiger partial charge in [0.15, 0.2) is 0 Å². The molecule has 1 saturated carbocycles. The van der Waals surface area contributed by atoms with Crippen molar-refractivity contribution in [1.29, 1.82) is 0 Å². The fourth-order valence-electron chi connectivity index (χ4n) is 2.97. The summed E-state index contributed by atoms with van der Waals surface area (Å²) in [4.78, 5) is 11.4. The first-order chi connectivity index (χ1) is 9.75. The Labute approximate surface area is 121 Å². The molecular weight excluding hydrogens is 250 g/mol. The summed E-state index contributed by atoms with van der Waals surface area (Å²) in [6.45, 7) is 0.837. The normalized spacial score (nSPS) is 18.4. The number of nitrogens with one attached hydrogen (secondary N) is 1. The van der Waals surface area contributed by atoms with E-state index in [4.69, 9.17) is 0 Å². The molecule has 1 aliphatic rings. The maximum absolute atomic E-state index is 11.4. The van der Waals surface area contributed by atoms with Crippen molar-refractivity contribution in [2.45, 2.75) is 51.0 Å². The summed E-state index contributed by atoms with van der Waals surface area (Å²) in [6, 6.07) is 9.38. The van der Waals surface area contributed by atoms with Crippen LogP contribution in [0.3, 0.4) is 0 Å². The van der Waals surface area contributed by atoms with E-state index in [2.05, 4.69) is 5.32 Å². The summed E-state index contributed by atoms with van der Waals surface area (Å²) in [7, 11) is 0. The minimum Gasteiger partial charge on any atom is -0.480 e. The molecule has 2 rings (SSSR count). The van der Waals surface area contributed by atoms with E-state index in [-0.39, 0.29) is 0 Å². The standard InChI is InChI=1S/C17H25NO2/c19-17(20)16(12-14-8-6-3-7-9-14)18-13-15-10-4-1-2-5-11-15/h3,6-9,15-16,18H,1-2,4-5,10-13H2,(H,19,20)/t16-/m0/s1. The Kier molecular flexibility index (Phi) is 6.06. The van der Waals surface area contributed by atoms with Gasteiger partial charge in [-0.15, -0.1) is 0 Å². The molecule has 0 bridgehead atoms. The number of carboxylic acids is 1. The highest BCUT2D eigenvalue weighted by atomic mass is 16.4. The van der Waals surface area contributed by atoms with E-state index < -0.39 is 12.0 Å². The monoisotopic (exact) mass is 275 g/mol. The molecule has 1 fully saturated rings. The second kappa shape index (κ2) is 8.05. The van der Waals surface area contributed by atoms with Crippen LogP contribution in [0.4, 0.5) is 0 Å². The molecule has 0 spiro atoms. The fourth-order valence-corrected chi connectivity index (χ4v) is 2.97. The van der Waals surface area contributed by atoms with E-state index in [1.807, 2.05) is 30.3 Å². The van der Waals surface area contributed by atoms with E-state index in [1.165, 1.54) is 38.5 Å². The average molecular weight is 275 g/mol. The van der Waals surface area contributed by atoms with Gasteiger partial charge in [-0.25, -0.2) is 0 Å². The van der Waals surface area contributed by atoms with Gasteiger partial charge in [0, 0.05) is 0 Å². The molecule has 1 aromatic rings. The second-order valence-corrected chi connectivity index (χ2v) is 5.85. The number of carboxylic acid groups (broad SMARTS) is 1. The first-order valence-electron chi connectivity index (χ1n) is 7.76. The van der Waals surface area contributed by atoms with E-state index >= 15 is 0 Å². The summed E-state index contributed by atoms with van der Waals surface area (Å²) >= 11 is 0. The van der Waals surface area contributed by atoms with E-state index in [9.17, 15) is 9.90 Å². The molecule has 0 heterocycles. The van der Waals surface area contributed by atoms with Crippen molar-refractivity contribution in [1.82, 2.24) is 5.32 Å². The topological polar surface area (TPSA) is 49.3 Å². The summed E-state index contributed by atoms with van der Waals surface area (Å²) < 4.78 is 0. The van der Waals surface area contributed by atoms with Gasteiger partial charge in [0.2, 0.25) is 0 Å². The lowest BCUT2D eigenvalue weighted by molar-refractivity contribution is -0.139. The van der Waals surface area contributed by atoms with Crippen molar-refractivity contribution < 1.29 is 9.90 Å². The van der Waals surface area contributed by atoms with Crippen molar-refractivity contribution in [2.24, 2.45) is 5.92 Å². The van der Waals surface area contributed by atoms with Crippen molar-refractivity contribution >= 4 is 5.97 Å². The van der Waals surface area contributed by atoms with Gasteiger partial charge < -0.3 is 10.4 Å². The van der Waals surface area contributed by atoms with Crippen LogP contribution in [0.2, 0.25) is 0 Å². The Bertz CT molecular complexity index is 397. The average Bonchev–Trinajstić information content (AvgIpc) is 2.73. The zero-order valence-corrected chi connectivity index (χ0v) is 12.1. The van der Waals surface area contributed by atoms with Crippen LogP contribution in [-0.2, 0) is 11.2 Å². The Morgan fingerprint density at radius 3 is 2.40 bits per heavy atom. The van der Waals surface area contributed by atoms with Crippen LogP contribution in [0.25, 0.3) is 0 Å². The van der Waals surface area contributed by atoms with Gasteiger partial charge in [0.1, 0.15) is 6.04 Å². The lowest BCUT2D eigenvalue weighted by atomic mass is 9.99. The molecule has 0 unspecified atom stereocenters. The molecule has 1 atom stereocenters. The molecule has 0 amide bonds. The summed E-state index contributed by atoms with van der Waals surface area (Å²) in [5.74, 6) is -0.0994. The molecule has 0 aromatic heterocycles. The number of rotatable bonds is 6. The number of carbonyl (C=O) groups is 1. The second-order valence-electron chi connectivity index (χ2n) is 5.85. The third-order valence-corrected chi connectivity index (χ3v) is 4.21. The molecule has 0 aliphatic heterocycles. The van der Waals surface area contributed by atoms with Gasteiger partial charge in [-0.1, -0.05) is 56.0 Å². The lowest BCUT2D eigenvalue weighted by Crippen LogP contribution is -2.41. The van der Waals surface area contributed by atoms with Gasteiger partial charge in [0.05, 0.1) is 0 Å². The summed E-state index contributed by atoms with van der Waals surface area (Å²) in [5, 5.41) is 12.6. The molecule has 0 radical (unpaired) electrons. The quantitative estimate of drug-likeness (QED) is 0.784. The molecule has 1 aliphatic carbocycles. The van der Waals surface area contributed by atoms with Gasteiger partial charge in [-0.2, -0.15) is 0 Å². The maximum Gasteiger partial charge on any atom is 0.321 e. The first-order valence-corrected chi connectivity index (χ1v) is 7.76. The van der Waals surface area contributed by atoms with Crippen LogP contribution in [0.1, 0.15) is 44.1 Å². The molecule has 1 aromatic carbocycles. The highest BCUT2D eigenvalue weighted by molar-refractivity contribution is 5.73. The SMILES string of the molecule is O=C(O)[C@H](Cc1ccccc1)NCC1CCCCCC1. The summed E-state index contributed by atoms with van der Waals surface area (Å²) in [5.41, 5.74) is 1.08. The third-order valence-electron chi connectivity index (χ3n) is 4.21. The van der Waals surface area contributed by atoms with E-state index in [1.54, 1.807) is 0 Å². The largest absolute Gasteiger partial charge is 0.480 e. The van der Waals surface area contributed by atoms with E-state index in [0.29, 0.717) is 12.3 Å². The van der Waals surface area contributed by atoms with Crippen LogP contribution in [-0.4, -0.2) is 23.7 Å². The van der Waals surface area contributed by atoms with Gasteiger partial charge in [-0.3, -0.25) is 4.79 Å². The molecule has 2 N–H and O–H groups in total. The Morgan fingerprint density at radius 1 is 1.15 bits per heavy atom. The smallest absolute Gasteiger partial charge is 0.321 e. The highest BCUT2D eigenvalue weighted by Crippen LogP contribution is 2.22. The molecular formula is C17H25NO2. The van der Waals surface area contributed by atoms with E-state index in [0.717, 1.165) is 12.1 Å². The van der Waals surface area contributed by atoms with Gasteiger partial charge in [-0.05, 0) is 37.3 Å².